The van der Waals surface area contributed by atoms with Crippen LogP contribution in [0.2, 0.25) is 0 Å². The van der Waals surface area contributed by atoms with Crippen molar-refractivity contribution in [3.63, 3.8) is 0 Å². The second kappa shape index (κ2) is 20.0. The van der Waals surface area contributed by atoms with Gasteiger partial charge in [-0.05, 0) is 19.3 Å². The molecule has 0 unspecified atom stereocenters. The maximum absolute atomic E-state index is 9.26. The van der Waals surface area contributed by atoms with Crippen LogP contribution in [-0.2, 0) is 47.1 Å². The molecule has 0 radical (unpaired) electrons. The standard InChI is InChI=1S/3C3H6O2.Y/c3*1-2-3(4)5;/h3*2H2,1H3,(H,4,5);/q;;;+3/p-3. The molecule has 0 aliphatic rings. The summed E-state index contributed by atoms with van der Waals surface area (Å²) in [4.78, 5) is 27.8. The van der Waals surface area contributed by atoms with Crippen molar-refractivity contribution in [1.82, 2.24) is 0 Å². The fraction of sp³-hybridized carbons (Fsp3) is 0.667. The fourth-order valence-electron chi connectivity index (χ4n) is 0. The van der Waals surface area contributed by atoms with E-state index in [0.29, 0.717) is 0 Å². The number of carbonyl (C=O) groups excluding carboxylic acids is 3. The average molecular weight is 308 g/mol. The van der Waals surface area contributed by atoms with Crippen LogP contribution in [0.1, 0.15) is 40.0 Å². The van der Waals surface area contributed by atoms with Crippen molar-refractivity contribution in [2.75, 3.05) is 0 Å². The van der Waals surface area contributed by atoms with Crippen molar-refractivity contribution < 1.29 is 62.4 Å². The molecule has 0 amide bonds. The van der Waals surface area contributed by atoms with Gasteiger partial charge in [-0.3, -0.25) is 0 Å². The van der Waals surface area contributed by atoms with Crippen molar-refractivity contribution >= 4 is 17.9 Å². The summed E-state index contributed by atoms with van der Waals surface area (Å²) in [5.74, 6) is -2.99. The van der Waals surface area contributed by atoms with E-state index in [2.05, 4.69) is 0 Å². The Labute approximate surface area is 120 Å². The third kappa shape index (κ3) is 69.6. The Morgan fingerprint density at radius 1 is 0.688 bits per heavy atom. The molecule has 0 heterocycles. The molecule has 7 heteroatoms. The summed E-state index contributed by atoms with van der Waals surface area (Å²) in [5.41, 5.74) is 0. The Hall–Kier alpha value is -0.486. The summed E-state index contributed by atoms with van der Waals surface area (Å²) in [6.07, 6.45) is 0.333. The Balaban J connectivity index is -0.0000000655. The second-order valence-corrected chi connectivity index (χ2v) is 2.18. The van der Waals surface area contributed by atoms with Gasteiger partial charge in [-0.25, -0.2) is 0 Å². The third-order valence-corrected chi connectivity index (χ3v) is 0.866. The zero-order chi connectivity index (χ0) is 12.9. The molecule has 0 aromatic rings. The number of hydrogen-bond donors (Lipinski definition) is 0. The van der Waals surface area contributed by atoms with E-state index in [1.807, 2.05) is 0 Å². The van der Waals surface area contributed by atoms with Gasteiger partial charge in [0.05, 0.1) is 0 Å². The summed E-state index contributed by atoms with van der Waals surface area (Å²) in [7, 11) is 0. The van der Waals surface area contributed by atoms with Gasteiger partial charge in [-0.1, -0.05) is 20.8 Å². The minimum atomic E-state index is -0.995. The van der Waals surface area contributed by atoms with Crippen LogP contribution in [-0.4, -0.2) is 17.9 Å². The van der Waals surface area contributed by atoms with Crippen LogP contribution in [0, 0.1) is 0 Å². The van der Waals surface area contributed by atoms with Gasteiger partial charge < -0.3 is 29.7 Å². The van der Waals surface area contributed by atoms with E-state index >= 15 is 0 Å². The second-order valence-electron chi connectivity index (χ2n) is 2.18. The molecular weight excluding hydrogens is 293 g/mol. The van der Waals surface area contributed by atoms with E-state index in [1.54, 1.807) is 0 Å². The van der Waals surface area contributed by atoms with Crippen LogP contribution >= 0.6 is 0 Å². The van der Waals surface area contributed by atoms with Gasteiger partial charge in [0.25, 0.3) is 0 Å². The van der Waals surface area contributed by atoms with Crippen molar-refractivity contribution in [3.8, 4) is 0 Å². The zero-order valence-electron chi connectivity index (χ0n) is 9.65. The summed E-state index contributed by atoms with van der Waals surface area (Å²) < 4.78 is 0. The normalized spacial score (nSPS) is 6.94. The third-order valence-electron chi connectivity index (χ3n) is 0.866. The van der Waals surface area contributed by atoms with Crippen LogP contribution in [0.15, 0.2) is 0 Å². The van der Waals surface area contributed by atoms with Gasteiger partial charge >= 0.3 is 32.7 Å². The first-order valence-corrected chi connectivity index (χ1v) is 4.41. The molecule has 0 aliphatic carbocycles. The van der Waals surface area contributed by atoms with Gasteiger partial charge in [0.1, 0.15) is 0 Å². The molecule has 0 fully saturated rings. The molecular formula is C9H15O6Y. The average Bonchev–Trinajstić information content (AvgIpc) is 2.19. The zero-order valence-corrected chi connectivity index (χ0v) is 12.5. The van der Waals surface area contributed by atoms with E-state index in [1.165, 1.54) is 20.8 Å². The molecule has 16 heavy (non-hydrogen) atoms. The fourth-order valence-corrected chi connectivity index (χ4v) is 0. The quantitative estimate of drug-likeness (QED) is 0.565. The number of carboxylic acids is 3. The summed E-state index contributed by atoms with van der Waals surface area (Å²) in [5, 5.41) is 27.8. The number of hydrogen-bond acceptors (Lipinski definition) is 6. The van der Waals surface area contributed by atoms with Crippen LogP contribution < -0.4 is 15.3 Å². The molecule has 0 rings (SSSR count). The molecule has 0 bridgehead atoms. The number of aliphatic carboxylic acids is 3. The molecule has 0 aromatic heterocycles. The van der Waals surface area contributed by atoms with Crippen LogP contribution in [0.5, 0.6) is 0 Å². The Morgan fingerprint density at radius 3 is 0.750 bits per heavy atom. The monoisotopic (exact) mass is 308 g/mol. The molecule has 6 nitrogen and oxygen atoms in total. The number of carbonyl (C=O) groups is 3. The first-order valence-electron chi connectivity index (χ1n) is 4.41. The maximum atomic E-state index is 9.26. The van der Waals surface area contributed by atoms with Gasteiger partial charge in [0.15, 0.2) is 0 Å². The summed E-state index contributed by atoms with van der Waals surface area (Å²) >= 11 is 0. The van der Waals surface area contributed by atoms with Gasteiger partial charge in [0.2, 0.25) is 0 Å². The van der Waals surface area contributed by atoms with Crippen molar-refractivity contribution in [3.05, 3.63) is 0 Å². The Bertz CT molecular complexity index is 159. The van der Waals surface area contributed by atoms with E-state index in [9.17, 15) is 29.7 Å². The summed E-state index contributed by atoms with van der Waals surface area (Å²) in [6, 6.07) is 0. The number of rotatable bonds is 3. The van der Waals surface area contributed by atoms with Gasteiger partial charge in [-0.2, -0.15) is 0 Å². The molecule has 90 valence electrons. The van der Waals surface area contributed by atoms with E-state index < -0.39 is 17.9 Å². The van der Waals surface area contributed by atoms with Crippen molar-refractivity contribution in [2.24, 2.45) is 0 Å². The van der Waals surface area contributed by atoms with Crippen LogP contribution in [0.25, 0.3) is 0 Å². The first kappa shape index (κ1) is 24.7. The van der Waals surface area contributed by atoms with E-state index in [4.69, 9.17) is 0 Å². The minimum absolute atomic E-state index is 0. The predicted octanol–water partition coefficient (Wildman–Crippen LogP) is -2.56. The van der Waals surface area contributed by atoms with Crippen molar-refractivity contribution in [2.45, 2.75) is 40.0 Å². The maximum Gasteiger partial charge on any atom is 3.00 e. The van der Waals surface area contributed by atoms with E-state index in [-0.39, 0.29) is 52.0 Å². The predicted molar refractivity (Wildman–Crippen MR) is 45.9 cm³/mol. The first-order chi connectivity index (χ1) is 6.81. The van der Waals surface area contributed by atoms with Crippen LogP contribution in [0.4, 0.5) is 0 Å². The topological polar surface area (TPSA) is 120 Å². The largest absolute Gasteiger partial charge is 3.00 e. The summed E-state index contributed by atoms with van der Waals surface area (Å²) in [6.45, 7) is 4.61. The van der Waals surface area contributed by atoms with E-state index in [0.717, 1.165) is 0 Å². The van der Waals surface area contributed by atoms with Crippen molar-refractivity contribution in [1.29, 1.82) is 0 Å². The molecule has 0 saturated heterocycles. The molecule has 0 spiro atoms. The SMILES string of the molecule is CCC(=O)[O-].CCC(=O)[O-].CCC(=O)[O-].[Y+3]. The molecule has 0 aliphatic heterocycles. The molecule has 0 atom stereocenters. The molecule has 0 aromatic carbocycles. The van der Waals surface area contributed by atoms with Crippen LogP contribution in [0.3, 0.4) is 0 Å². The van der Waals surface area contributed by atoms with Gasteiger partial charge in [-0.15, -0.1) is 0 Å². The Kier molecular flexibility index (Phi) is 30.8. The van der Waals surface area contributed by atoms with Gasteiger partial charge in [0, 0.05) is 17.9 Å². The molecule has 0 saturated carbocycles. The Morgan fingerprint density at radius 2 is 0.750 bits per heavy atom. The smallest absolute Gasteiger partial charge is 0.550 e. The molecule has 0 N–H and O–H groups in total. The minimum Gasteiger partial charge on any atom is -0.550 e. The number of carboxylic acid groups (broad SMARTS) is 3.